The van der Waals surface area contributed by atoms with E-state index in [2.05, 4.69) is 88.0 Å². The van der Waals surface area contributed by atoms with Gasteiger partial charge in [0, 0.05) is 0 Å². The summed E-state index contributed by atoms with van der Waals surface area (Å²) in [6.45, 7) is 14.3. The average molecular weight is 319 g/mol. The van der Waals surface area contributed by atoms with Crippen LogP contribution in [0.3, 0.4) is 0 Å². The van der Waals surface area contributed by atoms with E-state index in [1.807, 2.05) is 19.9 Å². The highest BCUT2D eigenvalue weighted by atomic mass is 14.1. The molecule has 2 rings (SSSR count). The molecule has 0 unspecified atom stereocenters. The van der Waals surface area contributed by atoms with Crippen LogP contribution in [0.15, 0.2) is 67.3 Å². The van der Waals surface area contributed by atoms with E-state index in [-0.39, 0.29) is 0 Å². The third-order valence-corrected chi connectivity index (χ3v) is 3.89. The predicted octanol–water partition coefficient (Wildman–Crippen LogP) is 7.70. The first-order valence-corrected chi connectivity index (χ1v) is 8.87. The minimum absolute atomic E-state index is 1.05. The Kier molecular flexibility index (Phi) is 8.57. The zero-order valence-corrected chi connectivity index (χ0v) is 15.8. The SMILES string of the molecule is C=Cc1ccccc1-c1cc(C(/C=C\CC)=C/C)ccc1C.CC. The average Bonchev–Trinajstić information content (AvgIpc) is 2.65. The molecule has 0 spiro atoms. The van der Waals surface area contributed by atoms with Crippen molar-refractivity contribution in [1.82, 2.24) is 0 Å². The van der Waals surface area contributed by atoms with E-state index in [1.54, 1.807) is 0 Å². The minimum Gasteiger partial charge on any atom is -0.0984 e. The summed E-state index contributed by atoms with van der Waals surface area (Å²) in [6, 6.07) is 15.1. The summed E-state index contributed by atoms with van der Waals surface area (Å²) >= 11 is 0. The third kappa shape index (κ3) is 4.83. The lowest BCUT2D eigenvalue weighted by Gasteiger charge is -2.12. The lowest BCUT2D eigenvalue weighted by Crippen LogP contribution is -1.90. The van der Waals surface area contributed by atoms with Crippen molar-refractivity contribution in [3.63, 3.8) is 0 Å². The second kappa shape index (κ2) is 10.4. The first kappa shape index (κ1) is 19.7. The lowest BCUT2D eigenvalue weighted by molar-refractivity contribution is 1.22. The van der Waals surface area contributed by atoms with Crippen molar-refractivity contribution in [2.75, 3.05) is 0 Å². The molecular formula is C24H30. The zero-order valence-electron chi connectivity index (χ0n) is 15.8. The van der Waals surface area contributed by atoms with E-state index in [0.717, 1.165) is 6.42 Å². The number of allylic oxidation sites excluding steroid dienone is 4. The highest BCUT2D eigenvalue weighted by Crippen LogP contribution is 2.30. The van der Waals surface area contributed by atoms with Gasteiger partial charge < -0.3 is 0 Å². The maximum Gasteiger partial charge on any atom is -0.0109 e. The molecule has 126 valence electrons. The van der Waals surface area contributed by atoms with Crippen LogP contribution in [-0.4, -0.2) is 0 Å². The molecule has 0 aromatic heterocycles. The summed E-state index contributed by atoms with van der Waals surface area (Å²) < 4.78 is 0. The quantitative estimate of drug-likeness (QED) is 0.495. The van der Waals surface area contributed by atoms with Crippen molar-refractivity contribution in [2.45, 2.75) is 41.0 Å². The second-order valence-corrected chi connectivity index (χ2v) is 5.38. The van der Waals surface area contributed by atoms with Gasteiger partial charge in [0.1, 0.15) is 0 Å². The summed E-state index contributed by atoms with van der Waals surface area (Å²) in [6.07, 6.45) is 9.55. The molecule has 0 heteroatoms. The van der Waals surface area contributed by atoms with E-state index in [9.17, 15) is 0 Å². The van der Waals surface area contributed by atoms with Gasteiger partial charge in [-0.2, -0.15) is 0 Å². The van der Waals surface area contributed by atoms with Gasteiger partial charge in [-0.3, -0.25) is 0 Å². The van der Waals surface area contributed by atoms with Crippen LogP contribution < -0.4 is 0 Å². The summed E-state index contributed by atoms with van der Waals surface area (Å²) in [5.41, 5.74) is 7.50. The molecule has 0 bridgehead atoms. The molecule has 0 atom stereocenters. The highest BCUT2D eigenvalue weighted by Gasteiger charge is 2.07. The van der Waals surface area contributed by atoms with Crippen molar-refractivity contribution < 1.29 is 0 Å². The fraction of sp³-hybridized carbons (Fsp3) is 0.250. The van der Waals surface area contributed by atoms with Crippen LogP contribution in [0.25, 0.3) is 22.8 Å². The topological polar surface area (TPSA) is 0 Å². The highest BCUT2D eigenvalue weighted by molar-refractivity contribution is 5.82. The largest absolute Gasteiger partial charge is 0.0984 e. The van der Waals surface area contributed by atoms with Crippen molar-refractivity contribution in [3.05, 3.63) is 84.0 Å². The van der Waals surface area contributed by atoms with E-state index in [4.69, 9.17) is 0 Å². The maximum atomic E-state index is 3.94. The molecule has 0 saturated carbocycles. The van der Waals surface area contributed by atoms with E-state index >= 15 is 0 Å². The molecule has 0 fully saturated rings. The Morgan fingerprint density at radius 3 is 2.38 bits per heavy atom. The Bertz CT molecular complexity index is 715. The number of hydrogen-bond donors (Lipinski definition) is 0. The van der Waals surface area contributed by atoms with E-state index in [0.29, 0.717) is 0 Å². The summed E-state index contributed by atoms with van der Waals surface area (Å²) in [7, 11) is 0. The minimum atomic E-state index is 1.05. The molecule has 0 heterocycles. The molecule has 0 nitrogen and oxygen atoms in total. The monoisotopic (exact) mass is 318 g/mol. The number of benzene rings is 2. The molecule has 0 aliphatic heterocycles. The summed E-state index contributed by atoms with van der Waals surface area (Å²) in [4.78, 5) is 0. The Morgan fingerprint density at radius 2 is 1.75 bits per heavy atom. The maximum absolute atomic E-state index is 3.94. The van der Waals surface area contributed by atoms with E-state index < -0.39 is 0 Å². The van der Waals surface area contributed by atoms with Crippen LogP contribution >= 0.6 is 0 Å². The van der Waals surface area contributed by atoms with Gasteiger partial charge in [-0.15, -0.1) is 0 Å². The van der Waals surface area contributed by atoms with E-state index in [1.165, 1.54) is 33.4 Å². The van der Waals surface area contributed by atoms with Gasteiger partial charge in [0.2, 0.25) is 0 Å². The van der Waals surface area contributed by atoms with Gasteiger partial charge in [-0.25, -0.2) is 0 Å². The molecule has 0 aliphatic carbocycles. The first-order chi connectivity index (χ1) is 11.7. The van der Waals surface area contributed by atoms with Crippen LogP contribution in [0.1, 0.15) is 50.8 Å². The lowest BCUT2D eigenvalue weighted by atomic mass is 9.92. The predicted molar refractivity (Wildman–Crippen MR) is 111 cm³/mol. The third-order valence-electron chi connectivity index (χ3n) is 3.89. The molecule has 0 radical (unpaired) electrons. The Hall–Kier alpha value is -2.34. The molecule has 0 aliphatic rings. The van der Waals surface area contributed by atoms with Crippen molar-refractivity contribution >= 4 is 11.6 Å². The molecule has 24 heavy (non-hydrogen) atoms. The van der Waals surface area contributed by atoms with Crippen LogP contribution in [0, 0.1) is 6.92 Å². The zero-order chi connectivity index (χ0) is 17.9. The number of hydrogen-bond acceptors (Lipinski definition) is 0. The first-order valence-electron chi connectivity index (χ1n) is 8.87. The molecule has 2 aromatic carbocycles. The van der Waals surface area contributed by atoms with Crippen LogP contribution in [0.5, 0.6) is 0 Å². The standard InChI is InChI=1S/C22H24.C2H6/c1-5-8-11-18(6-2)20-15-14-17(4)22(16-20)21-13-10-9-12-19(21)7-3;1-2/h6-16H,3,5H2,1-2,4H3;1-2H3/b11-8-,18-6+;. The Labute approximate surface area is 148 Å². The van der Waals surface area contributed by atoms with Gasteiger partial charge in [0.25, 0.3) is 0 Å². The normalized spacial score (nSPS) is 11.1. The fourth-order valence-electron chi connectivity index (χ4n) is 2.62. The fourth-order valence-corrected chi connectivity index (χ4v) is 2.62. The summed E-state index contributed by atoms with van der Waals surface area (Å²) in [5.74, 6) is 0. The number of rotatable bonds is 5. The van der Waals surface area contributed by atoms with Crippen LogP contribution in [-0.2, 0) is 0 Å². The number of aryl methyl sites for hydroxylation is 1. The molecule has 2 aromatic rings. The molecular weight excluding hydrogens is 288 g/mol. The Morgan fingerprint density at radius 1 is 1.04 bits per heavy atom. The Balaban J connectivity index is 0.00000139. The van der Waals surface area contributed by atoms with Gasteiger partial charge in [0.05, 0.1) is 0 Å². The summed E-state index contributed by atoms with van der Waals surface area (Å²) in [5, 5.41) is 0. The van der Waals surface area contributed by atoms with Gasteiger partial charge in [-0.05, 0) is 59.7 Å². The van der Waals surface area contributed by atoms with Crippen molar-refractivity contribution in [2.24, 2.45) is 0 Å². The smallest absolute Gasteiger partial charge is 0.0109 e. The second-order valence-electron chi connectivity index (χ2n) is 5.38. The van der Waals surface area contributed by atoms with Gasteiger partial charge in [0.15, 0.2) is 0 Å². The van der Waals surface area contributed by atoms with Crippen molar-refractivity contribution in [3.8, 4) is 11.1 Å². The van der Waals surface area contributed by atoms with Gasteiger partial charge >= 0.3 is 0 Å². The molecule has 0 saturated heterocycles. The molecule has 0 N–H and O–H groups in total. The van der Waals surface area contributed by atoms with Gasteiger partial charge in [-0.1, -0.05) is 88.1 Å². The van der Waals surface area contributed by atoms with Crippen LogP contribution in [0.4, 0.5) is 0 Å². The molecule has 0 amide bonds. The van der Waals surface area contributed by atoms with Crippen molar-refractivity contribution in [1.29, 1.82) is 0 Å². The van der Waals surface area contributed by atoms with Crippen LogP contribution in [0.2, 0.25) is 0 Å².